The first-order valence-corrected chi connectivity index (χ1v) is 13.5. The maximum Gasteiger partial charge on any atom is 0.408 e. The first-order valence-electron chi connectivity index (χ1n) is 13.5. The quantitative estimate of drug-likeness (QED) is 0.634. The highest BCUT2D eigenvalue weighted by atomic mass is 19.1. The number of rotatable bonds is 5. The molecule has 3 amide bonds. The lowest BCUT2D eigenvalue weighted by Gasteiger charge is -2.39. The monoisotopic (exact) mass is 525 g/mol. The van der Waals surface area contributed by atoms with E-state index in [1.54, 1.807) is 37.8 Å². The molecule has 3 heterocycles. The summed E-state index contributed by atoms with van der Waals surface area (Å²) in [6, 6.07) is 5.08. The average Bonchev–Trinajstić information content (AvgIpc) is 3.59. The molecule has 5 rings (SSSR count). The number of piperazine rings is 1. The van der Waals surface area contributed by atoms with Gasteiger partial charge in [0.25, 0.3) is 0 Å². The fraction of sp³-hybridized carbons (Fsp3) is 0.643. The third-order valence-electron chi connectivity index (χ3n) is 8.15. The number of fused-ring (bicyclic) bond motifs is 3. The number of nitrogens with one attached hydrogen (secondary N) is 1. The largest absolute Gasteiger partial charge is 0.444 e. The van der Waals surface area contributed by atoms with Gasteiger partial charge in [0.15, 0.2) is 0 Å². The van der Waals surface area contributed by atoms with E-state index >= 15 is 0 Å². The van der Waals surface area contributed by atoms with Crippen LogP contribution in [-0.2, 0) is 20.7 Å². The zero-order valence-electron chi connectivity index (χ0n) is 22.4. The van der Waals surface area contributed by atoms with Crippen LogP contribution in [0, 0.1) is 23.1 Å². The molecule has 2 bridgehead atoms. The summed E-state index contributed by atoms with van der Waals surface area (Å²) in [5.41, 5.74) is 1.24. The maximum atomic E-state index is 13.7. The molecule has 6 atom stereocenters. The summed E-state index contributed by atoms with van der Waals surface area (Å²) in [6.45, 7) is 8.44. The molecule has 3 aliphatic heterocycles. The first kappa shape index (κ1) is 26.4. The number of alkyl carbamates (subject to hydrolysis) is 1. The van der Waals surface area contributed by atoms with Crippen molar-refractivity contribution in [1.82, 2.24) is 20.0 Å². The smallest absolute Gasteiger partial charge is 0.408 e. The van der Waals surface area contributed by atoms with E-state index in [1.165, 1.54) is 6.07 Å². The summed E-state index contributed by atoms with van der Waals surface area (Å²) in [5, 5.41) is 12.3. The van der Waals surface area contributed by atoms with Gasteiger partial charge in [0.2, 0.25) is 11.8 Å². The second-order valence-corrected chi connectivity index (χ2v) is 12.2. The van der Waals surface area contributed by atoms with Crippen molar-refractivity contribution < 1.29 is 23.5 Å². The van der Waals surface area contributed by atoms with Crippen LogP contribution in [0.5, 0.6) is 0 Å². The number of benzene rings is 1. The molecular weight excluding hydrogens is 489 g/mol. The van der Waals surface area contributed by atoms with Gasteiger partial charge in [-0.25, -0.2) is 9.18 Å². The van der Waals surface area contributed by atoms with Gasteiger partial charge < -0.3 is 19.9 Å². The van der Waals surface area contributed by atoms with Crippen molar-refractivity contribution in [2.24, 2.45) is 5.92 Å². The zero-order chi connectivity index (χ0) is 27.4. The van der Waals surface area contributed by atoms with Crippen LogP contribution >= 0.6 is 0 Å². The van der Waals surface area contributed by atoms with Crippen LogP contribution in [0.15, 0.2) is 18.2 Å². The van der Waals surface area contributed by atoms with Crippen molar-refractivity contribution in [3.05, 3.63) is 35.1 Å². The number of carbonyl (C=O) groups excluding carboxylic acids is 3. The van der Waals surface area contributed by atoms with Crippen molar-refractivity contribution >= 4 is 17.9 Å². The molecule has 1 aromatic rings. The number of aryl methyl sites for hydroxylation is 1. The van der Waals surface area contributed by atoms with Crippen molar-refractivity contribution in [2.45, 2.75) is 89.2 Å². The highest BCUT2D eigenvalue weighted by molar-refractivity contribution is 5.88. The average molecular weight is 526 g/mol. The highest BCUT2D eigenvalue weighted by Crippen LogP contribution is 2.44. The predicted octanol–water partition coefficient (Wildman–Crippen LogP) is 2.75. The second kappa shape index (κ2) is 9.84. The van der Waals surface area contributed by atoms with Gasteiger partial charge in [-0.2, -0.15) is 5.26 Å². The Kier molecular flexibility index (Phi) is 6.84. The molecular formula is C28H36FN5O4. The number of likely N-dealkylation sites (tertiary alicyclic amines) is 3. The fourth-order valence-corrected chi connectivity index (χ4v) is 6.63. The zero-order valence-corrected chi connectivity index (χ0v) is 22.4. The van der Waals surface area contributed by atoms with Crippen molar-refractivity contribution in [2.75, 3.05) is 19.6 Å². The molecule has 4 aliphatic rings. The van der Waals surface area contributed by atoms with Gasteiger partial charge in [0.1, 0.15) is 23.5 Å². The van der Waals surface area contributed by atoms with Crippen LogP contribution in [0.3, 0.4) is 0 Å². The first-order chi connectivity index (χ1) is 17.9. The van der Waals surface area contributed by atoms with Crippen LogP contribution in [0.4, 0.5) is 9.18 Å². The number of carbonyl (C=O) groups is 3. The van der Waals surface area contributed by atoms with E-state index in [2.05, 4.69) is 11.4 Å². The van der Waals surface area contributed by atoms with Gasteiger partial charge in [-0.1, -0.05) is 13.0 Å². The summed E-state index contributed by atoms with van der Waals surface area (Å²) in [7, 11) is 0. The molecule has 9 nitrogen and oxygen atoms in total. The Morgan fingerprint density at radius 2 is 2.00 bits per heavy atom. The minimum absolute atomic E-state index is 0.00977. The SMILES string of the molecule is CC1CC(C#N)N(C(=O)C(CN2C[C@@H]3CC2C(=O)N3[C@H]2CCc3cc(F)ccc32)NC(=O)OC(C)(C)C)C1. The lowest BCUT2D eigenvalue weighted by Crippen LogP contribution is -2.59. The van der Waals surface area contributed by atoms with Crippen LogP contribution in [0.25, 0.3) is 0 Å². The van der Waals surface area contributed by atoms with E-state index < -0.39 is 23.8 Å². The molecule has 3 saturated heterocycles. The molecule has 4 unspecified atom stereocenters. The van der Waals surface area contributed by atoms with Crippen molar-refractivity contribution in [1.29, 1.82) is 5.26 Å². The molecule has 38 heavy (non-hydrogen) atoms. The van der Waals surface area contributed by atoms with Crippen LogP contribution in [0.1, 0.15) is 64.1 Å². The van der Waals surface area contributed by atoms with Gasteiger partial charge >= 0.3 is 6.09 Å². The number of amides is 3. The highest BCUT2D eigenvalue weighted by Gasteiger charge is 2.53. The van der Waals surface area contributed by atoms with Gasteiger partial charge in [0, 0.05) is 25.7 Å². The standard InChI is InChI=1S/C28H36FN5O4/c1-16-9-19(12-30)33(13-16)25(35)22(31-27(37)38-28(2,3)4)15-32-14-20-11-24(32)26(36)34(20)23-8-5-17-10-18(29)6-7-21(17)23/h6-7,10,16,19-20,22-24H,5,8-9,11,13-15H2,1-4H3,(H,31,37)/t16?,19?,20-,22?,23-,24?/m0/s1. The van der Waals surface area contributed by atoms with E-state index in [9.17, 15) is 24.0 Å². The number of hydrogen-bond acceptors (Lipinski definition) is 6. The number of hydrogen-bond donors (Lipinski definition) is 1. The fourth-order valence-electron chi connectivity index (χ4n) is 6.63. The van der Waals surface area contributed by atoms with Gasteiger partial charge in [-0.05, 0) is 75.6 Å². The molecule has 0 saturated carbocycles. The van der Waals surface area contributed by atoms with E-state index in [-0.39, 0.29) is 48.2 Å². The number of nitrogens with zero attached hydrogens (tertiary/aromatic N) is 4. The Morgan fingerprint density at radius 1 is 1.24 bits per heavy atom. The topological polar surface area (TPSA) is 106 Å². The lowest BCUT2D eigenvalue weighted by atomic mass is 10.1. The van der Waals surface area contributed by atoms with Crippen LogP contribution in [-0.4, -0.2) is 82.0 Å². The third-order valence-corrected chi connectivity index (χ3v) is 8.15. The maximum absolute atomic E-state index is 13.7. The van der Waals surface area contributed by atoms with Gasteiger partial charge in [0.05, 0.1) is 18.2 Å². The Labute approximate surface area is 222 Å². The molecule has 1 aromatic carbocycles. The Hall–Kier alpha value is -3.19. The number of nitriles is 1. The predicted molar refractivity (Wildman–Crippen MR) is 136 cm³/mol. The normalized spacial score (nSPS) is 29.4. The summed E-state index contributed by atoms with van der Waals surface area (Å²) in [6.07, 6.45) is 2.06. The second-order valence-electron chi connectivity index (χ2n) is 12.2. The lowest BCUT2D eigenvalue weighted by molar-refractivity contribution is -0.141. The number of ether oxygens (including phenoxy) is 1. The summed E-state index contributed by atoms with van der Waals surface area (Å²) < 4.78 is 19.1. The summed E-state index contributed by atoms with van der Waals surface area (Å²) in [4.78, 5) is 45.3. The molecule has 1 aliphatic carbocycles. The van der Waals surface area contributed by atoms with Gasteiger partial charge in [-0.15, -0.1) is 0 Å². The number of halogens is 1. The Balaban J connectivity index is 1.31. The van der Waals surface area contributed by atoms with Crippen LogP contribution in [0.2, 0.25) is 0 Å². The minimum atomic E-state index is -0.943. The van der Waals surface area contributed by atoms with Gasteiger partial charge in [-0.3, -0.25) is 14.5 Å². The van der Waals surface area contributed by atoms with E-state index in [0.29, 0.717) is 25.9 Å². The van der Waals surface area contributed by atoms with Crippen molar-refractivity contribution in [3.8, 4) is 6.07 Å². The van der Waals surface area contributed by atoms with E-state index in [4.69, 9.17) is 4.74 Å². The molecule has 3 fully saturated rings. The van der Waals surface area contributed by atoms with E-state index in [0.717, 1.165) is 24.0 Å². The molecule has 0 aromatic heterocycles. The summed E-state index contributed by atoms with van der Waals surface area (Å²) in [5.74, 6) is -0.391. The Morgan fingerprint density at radius 3 is 2.68 bits per heavy atom. The van der Waals surface area contributed by atoms with E-state index in [1.807, 2.05) is 16.7 Å². The third kappa shape index (κ3) is 4.96. The summed E-state index contributed by atoms with van der Waals surface area (Å²) >= 11 is 0. The molecule has 1 N–H and O–H groups in total. The molecule has 204 valence electrons. The molecule has 0 spiro atoms. The molecule has 0 radical (unpaired) electrons. The van der Waals surface area contributed by atoms with Crippen LogP contribution < -0.4 is 5.32 Å². The van der Waals surface area contributed by atoms with Crippen molar-refractivity contribution in [3.63, 3.8) is 0 Å². The molecule has 10 heteroatoms. The Bertz CT molecular complexity index is 1180. The minimum Gasteiger partial charge on any atom is -0.444 e.